The molecule has 1 aliphatic carbocycles. The van der Waals surface area contributed by atoms with Crippen LogP contribution in [0.25, 0.3) is 6.08 Å². The van der Waals surface area contributed by atoms with Crippen LogP contribution in [0.2, 0.25) is 0 Å². The van der Waals surface area contributed by atoms with E-state index in [0.717, 1.165) is 29.0 Å². The molecule has 5 heteroatoms. The number of Topliss-reactive ketones (excluding diaryl/α,β-unsaturated/α-hetero) is 1. The highest BCUT2D eigenvalue weighted by atomic mass is 16.5. The van der Waals surface area contributed by atoms with Crippen LogP contribution in [0.3, 0.4) is 0 Å². The standard InChI is InChI=1S/C22H22N2O3/c1-14-21-16(12-24(13-26-21)17-6-2-3-7-17)10-18-20(25)19(27-22(14)18)9-15-5-4-8-23-11-15/h4-5,8-11,17H,2-3,6-7,12-13H2,1H3. The number of carbonyl (C=O) groups excluding carboxylic acids is 1. The van der Waals surface area contributed by atoms with Gasteiger partial charge in [-0.1, -0.05) is 18.9 Å². The van der Waals surface area contributed by atoms with Crippen LogP contribution in [-0.4, -0.2) is 28.4 Å². The van der Waals surface area contributed by atoms with Crippen molar-refractivity contribution in [2.45, 2.75) is 45.2 Å². The molecule has 5 nitrogen and oxygen atoms in total. The van der Waals surface area contributed by atoms with E-state index in [1.807, 2.05) is 25.1 Å². The van der Waals surface area contributed by atoms with Crippen molar-refractivity contribution in [1.29, 1.82) is 0 Å². The summed E-state index contributed by atoms with van der Waals surface area (Å²) in [6.07, 6.45) is 10.2. The SMILES string of the molecule is Cc1c2c(cc3c1OC(=Cc1cccnc1)C3=O)CN(C1CCCC1)CO2. The second-order valence-electron chi connectivity index (χ2n) is 7.55. The lowest BCUT2D eigenvalue weighted by molar-refractivity contribution is 0.0570. The van der Waals surface area contributed by atoms with E-state index in [-0.39, 0.29) is 5.78 Å². The molecule has 0 atom stereocenters. The molecule has 0 unspecified atom stereocenters. The summed E-state index contributed by atoms with van der Waals surface area (Å²) in [4.78, 5) is 19.4. The number of fused-ring (bicyclic) bond motifs is 2. The first-order valence-corrected chi connectivity index (χ1v) is 9.58. The van der Waals surface area contributed by atoms with Crippen LogP contribution in [0.15, 0.2) is 36.4 Å². The minimum absolute atomic E-state index is 0.0715. The topological polar surface area (TPSA) is 51.7 Å². The van der Waals surface area contributed by atoms with Crippen molar-refractivity contribution in [1.82, 2.24) is 9.88 Å². The summed E-state index contributed by atoms with van der Waals surface area (Å²) < 4.78 is 12.0. The molecule has 1 aromatic heterocycles. The highest BCUT2D eigenvalue weighted by Crippen LogP contribution is 2.43. The molecule has 0 spiro atoms. The molecule has 0 saturated heterocycles. The third kappa shape index (κ3) is 2.82. The lowest BCUT2D eigenvalue weighted by Crippen LogP contribution is -2.39. The first-order valence-electron chi connectivity index (χ1n) is 9.58. The molecular formula is C22H22N2O3. The maximum atomic E-state index is 12.9. The van der Waals surface area contributed by atoms with Crippen molar-refractivity contribution in [2.24, 2.45) is 0 Å². The van der Waals surface area contributed by atoms with Gasteiger partial charge in [0.25, 0.3) is 0 Å². The zero-order valence-electron chi connectivity index (χ0n) is 15.4. The van der Waals surface area contributed by atoms with Gasteiger partial charge in [0.15, 0.2) is 5.76 Å². The Labute approximate surface area is 158 Å². The van der Waals surface area contributed by atoms with Crippen LogP contribution in [0, 0.1) is 6.92 Å². The molecule has 2 aliphatic heterocycles. The predicted octanol–water partition coefficient (Wildman–Crippen LogP) is 4.10. The normalized spacial score (nSPS) is 21.1. The van der Waals surface area contributed by atoms with Gasteiger partial charge < -0.3 is 9.47 Å². The average Bonchev–Trinajstić information content (AvgIpc) is 3.33. The Hall–Kier alpha value is -2.66. The number of hydrogen-bond acceptors (Lipinski definition) is 5. The molecule has 0 N–H and O–H groups in total. The van der Waals surface area contributed by atoms with Crippen LogP contribution in [0.4, 0.5) is 0 Å². The Morgan fingerprint density at radius 1 is 1.26 bits per heavy atom. The number of aromatic nitrogens is 1. The summed E-state index contributed by atoms with van der Waals surface area (Å²) in [5, 5.41) is 0. The molecule has 1 saturated carbocycles. The van der Waals surface area contributed by atoms with E-state index in [1.165, 1.54) is 25.7 Å². The molecule has 0 amide bonds. The molecule has 138 valence electrons. The Morgan fingerprint density at radius 3 is 2.89 bits per heavy atom. The maximum absolute atomic E-state index is 12.9. The number of ketones is 1. The zero-order valence-corrected chi connectivity index (χ0v) is 15.4. The van der Waals surface area contributed by atoms with Crippen LogP contribution in [-0.2, 0) is 6.54 Å². The number of allylic oxidation sites excluding steroid dienone is 1. The highest BCUT2D eigenvalue weighted by molar-refractivity contribution is 6.15. The summed E-state index contributed by atoms with van der Waals surface area (Å²) >= 11 is 0. The molecule has 3 aliphatic rings. The van der Waals surface area contributed by atoms with Crippen LogP contribution < -0.4 is 9.47 Å². The summed E-state index contributed by atoms with van der Waals surface area (Å²) in [5.74, 6) is 1.77. The van der Waals surface area contributed by atoms with Gasteiger partial charge in [0, 0.05) is 36.1 Å². The van der Waals surface area contributed by atoms with Crippen LogP contribution in [0.1, 0.15) is 52.7 Å². The van der Waals surface area contributed by atoms with Crippen LogP contribution >= 0.6 is 0 Å². The van der Waals surface area contributed by atoms with Gasteiger partial charge in [0.05, 0.1) is 5.56 Å². The number of ether oxygens (including phenoxy) is 2. The summed E-state index contributed by atoms with van der Waals surface area (Å²) in [7, 11) is 0. The second-order valence-corrected chi connectivity index (χ2v) is 7.55. The number of pyridine rings is 1. The van der Waals surface area contributed by atoms with Gasteiger partial charge in [0.2, 0.25) is 5.78 Å². The largest absolute Gasteiger partial charge is 0.477 e. The van der Waals surface area contributed by atoms with Crippen molar-refractivity contribution in [2.75, 3.05) is 6.73 Å². The van der Waals surface area contributed by atoms with Crippen molar-refractivity contribution in [3.63, 3.8) is 0 Å². The number of carbonyl (C=O) groups is 1. The Bertz CT molecular complexity index is 930. The van der Waals surface area contributed by atoms with E-state index in [4.69, 9.17) is 9.47 Å². The fourth-order valence-electron chi connectivity index (χ4n) is 4.38. The molecule has 27 heavy (non-hydrogen) atoms. The smallest absolute Gasteiger partial charge is 0.231 e. The Balaban J connectivity index is 1.48. The first kappa shape index (κ1) is 16.5. The second kappa shape index (κ2) is 6.50. The predicted molar refractivity (Wildman–Crippen MR) is 102 cm³/mol. The van der Waals surface area contributed by atoms with Crippen molar-refractivity contribution in [3.05, 3.63) is 58.6 Å². The maximum Gasteiger partial charge on any atom is 0.231 e. The fourth-order valence-corrected chi connectivity index (χ4v) is 4.38. The van der Waals surface area contributed by atoms with E-state index in [1.54, 1.807) is 18.5 Å². The zero-order chi connectivity index (χ0) is 18.4. The Morgan fingerprint density at radius 2 is 2.11 bits per heavy atom. The third-order valence-corrected chi connectivity index (χ3v) is 5.79. The molecule has 3 heterocycles. The minimum Gasteiger partial charge on any atom is -0.477 e. The van der Waals surface area contributed by atoms with Crippen molar-refractivity contribution in [3.8, 4) is 11.5 Å². The van der Waals surface area contributed by atoms with Gasteiger partial charge in [-0.05, 0) is 43.5 Å². The Kier molecular flexibility index (Phi) is 3.97. The molecular weight excluding hydrogens is 340 g/mol. The fraction of sp³-hybridized carbons (Fsp3) is 0.364. The lowest BCUT2D eigenvalue weighted by Gasteiger charge is -2.34. The van der Waals surface area contributed by atoms with Gasteiger partial charge in [-0.2, -0.15) is 0 Å². The highest BCUT2D eigenvalue weighted by Gasteiger charge is 2.35. The van der Waals surface area contributed by atoms with E-state index in [9.17, 15) is 4.79 Å². The molecule has 5 rings (SSSR count). The van der Waals surface area contributed by atoms with Crippen LogP contribution in [0.5, 0.6) is 11.5 Å². The third-order valence-electron chi connectivity index (χ3n) is 5.79. The summed E-state index contributed by atoms with van der Waals surface area (Å²) in [6, 6.07) is 6.30. The quantitative estimate of drug-likeness (QED) is 0.753. The summed E-state index contributed by atoms with van der Waals surface area (Å²) in [6.45, 7) is 3.43. The average molecular weight is 362 g/mol. The van der Waals surface area contributed by atoms with Gasteiger partial charge in [-0.3, -0.25) is 14.7 Å². The number of nitrogens with zero attached hydrogens (tertiary/aromatic N) is 2. The summed E-state index contributed by atoms with van der Waals surface area (Å²) in [5.41, 5.74) is 3.48. The minimum atomic E-state index is -0.0715. The van der Waals surface area contributed by atoms with E-state index < -0.39 is 0 Å². The number of rotatable bonds is 2. The van der Waals surface area contributed by atoms with E-state index in [2.05, 4.69) is 9.88 Å². The molecule has 0 bridgehead atoms. The number of benzene rings is 1. The molecule has 1 aromatic carbocycles. The lowest BCUT2D eigenvalue weighted by atomic mass is 9.99. The van der Waals surface area contributed by atoms with Crippen molar-refractivity contribution >= 4 is 11.9 Å². The monoisotopic (exact) mass is 362 g/mol. The molecule has 1 fully saturated rings. The first-order chi connectivity index (χ1) is 13.2. The van der Waals surface area contributed by atoms with Gasteiger partial charge in [0.1, 0.15) is 18.2 Å². The number of hydrogen-bond donors (Lipinski definition) is 0. The molecule has 0 radical (unpaired) electrons. The van der Waals surface area contributed by atoms with E-state index in [0.29, 0.717) is 29.8 Å². The van der Waals surface area contributed by atoms with Gasteiger partial charge in [-0.25, -0.2) is 0 Å². The molecule has 2 aromatic rings. The van der Waals surface area contributed by atoms with Crippen molar-refractivity contribution < 1.29 is 14.3 Å². The van der Waals surface area contributed by atoms with Gasteiger partial charge >= 0.3 is 0 Å². The van der Waals surface area contributed by atoms with E-state index >= 15 is 0 Å². The van der Waals surface area contributed by atoms with Gasteiger partial charge in [-0.15, -0.1) is 0 Å².